The highest BCUT2D eigenvalue weighted by Gasteiger charge is 2.53. The number of guanidine groups is 1. The number of nitrogens with one attached hydrogen (secondary N) is 1. The van der Waals surface area contributed by atoms with Crippen LogP contribution in [0.3, 0.4) is 0 Å². The van der Waals surface area contributed by atoms with Crippen LogP contribution in [0.4, 0.5) is 0 Å². The number of carbonyl (C=O) groups is 3. The Morgan fingerprint density at radius 1 is 1.38 bits per heavy atom. The van der Waals surface area contributed by atoms with Gasteiger partial charge in [0.2, 0.25) is 5.91 Å². The number of carboxylic acid groups (broad SMARTS) is 1. The number of amides is 1. The fourth-order valence-electron chi connectivity index (χ4n) is 3.11. The summed E-state index contributed by atoms with van der Waals surface area (Å²) in [7, 11) is 3.09. The van der Waals surface area contributed by atoms with Crippen molar-refractivity contribution >= 4 is 23.6 Å². The Kier molecular flexibility index (Phi) is 7.48. The van der Waals surface area contributed by atoms with Crippen molar-refractivity contribution in [2.45, 2.75) is 43.9 Å². The molecule has 0 aromatic rings. The molecular formula is C15H27N5O6. The monoisotopic (exact) mass is 373 g/mol. The van der Waals surface area contributed by atoms with E-state index >= 15 is 0 Å². The van der Waals surface area contributed by atoms with Crippen molar-refractivity contribution in [3.63, 3.8) is 0 Å². The fraction of sp³-hybridized carbons (Fsp3) is 0.733. The first-order chi connectivity index (χ1) is 12.0. The SMILES string of the molecule is CON(C)CCC(=O)C(NC(C)=O)[C@H]1C[C@](O)(C(=O)O)C[C@@H]1N=C(N)N. The first kappa shape index (κ1) is 21.8. The van der Waals surface area contributed by atoms with E-state index < -0.39 is 35.5 Å². The quantitative estimate of drug-likeness (QED) is 0.170. The zero-order valence-corrected chi connectivity index (χ0v) is 15.1. The van der Waals surface area contributed by atoms with Gasteiger partial charge in [0.15, 0.2) is 17.3 Å². The number of hydrogen-bond donors (Lipinski definition) is 5. The summed E-state index contributed by atoms with van der Waals surface area (Å²) in [6.45, 7) is 1.52. The van der Waals surface area contributed by atoms with Crippen molar-refractivity contribution < 1.29 is 29.4 Å². The molecule has 1 rings (SSSR count). The number of carboxylic acids is 1. The maximum atomic E-state index is 12.7. The number of aliphatic hydroxyl groups is 1. The Hall–Kier alpha value is -2.24. The van der Waals surface area contributed by atoms with Gasteiger partial charge in [-0.3, -0.25) is 9.59 Å². The van der Waals surface area contributed by atoms with Crippen LogP contribution in [0.1, 0.15) is 26.2 Å². The summed E-state index contributed by atoms with van der Waals surface area (Å²) >= 11 is 0. The lowest BCUT2D eigenvalue weighted by molar-refractivity contribution is -0.158. The van der Waals surface area contributed by atoms with Gasteiger partial charge in [-0.15, -0.1) is 0 Å². The molecule has 4 atom stereocenters. The number of carbonyl (C=O) groups excluding carboxylic acids is 2. The largest absolute Gasteiger partial charge is 0.479 e. The molecule has 0 aliphatic heterocycles. The molecule has 1 saturated carbocycles. The summed E-state index contributed by atoms with van der Waals surface area (Å²) in [5, 5.41) is 23.6. The fourth-order valence-corrected chi connectivity index (χ4v) is 3.11. The van der Waals surface area contributed by atoms with Gasteiger partial charge in [-0.25, -0.2) is 9.79 Å². The van der Waals surface area contributed by atoms with Gasteiger partial charge in [0.1, 0.15) is 0 Å². The average molecular weight is 373 g/mol. The van der Waals surface area contributed by atoms with Gasteiger partial charge in [0, 0.05) is 39.3 Å². The van der Waals surface area contributed by atoms with E-state index in [9.17, 15) is 24.6 Å². The number of Topliss-reactive ketones (excluding diaryl/α,β-unsaturated/α-hetero) is 1. The van der Waals surface area contributed by atoms with Crippen molar-refractivity contribution in [1.29, 1.82) is 0 Å². The van der Waals surface area contributed by atoms with Crippen molar-refractivity contribution in [3.8, 4) is 0 Å². The third-order valence-corrected chi connectivity index (χ3v) is 4.45. The lowest BCUT2D eigenvalue weighted by Crippen LogP contribution is -2.48. The molecule has 0 bridgehead atoms. The second-order valence-electron chi connectivity index (χ2n) is 6.46. The van der Waals surface area contributed by atoms with Gasteiger partial charge in [-0.1, -0.05) is 0 Å². The second-order valence-corrected chi connectivity index (χ2v) is 6.46. The summed E-state index contributed by atoms with van der Waals surface area (Å²) in [6, 6.07) is -1.85. The van der Waals surface area contributed by atoms with E-state index in [1.165, 1.54) is 19.1 Å². The third-order valence-electron chi connectivity index (χ3n) is 4.45. The lowest BCUT2D eigenvalue weighted by Gasteiger charge is -2.27. The highest BCUT2D eigenvalue weighted by molar-refractivity contribution is 5.89. The second kappa shape index (κ2) is 8.92. The molecule has 0 aromatic carbocycles. The molecule has 0 heterocycles. The Balaban J connectivity index is 3.11. The predicted molar refractivity (Wildman–Crippen MR) is 91.8 cm³/mol. The highest BCUT2D eigenvalue weighted by atomic mass is 16.7. The minimum atomic E-state index is -2.07. The van der Waals surface area contributed by atoms with Crippen molar-refractivity contribution in [1.82, 2.24) is 10.4 Å². The summed E-state index contributed by atoms with van der Waals surface area (Å²) in [4.78, 5) is 44.6. The van der Waals surface area contributed by atoms with Crippen LogP contribution in [0.25, 0.3) is 0 Å². The van der Waals surface area contributed by atoms with Crippen LogP contribution in [0.2, 0.25) is 0 Å². The van der Waals surface area contributed by atoms with E-state index in [0.717, 1.165) is 0 Å². The molecule has 0 aromatic heterocycles. The number of aliphatic carboxylic acids is 1. The van der Waals surface area contributed by atoms with E-state index in [2.05, 4.69) is 10.3 Å². The van der Waals surface area contributed by atoms with E-state index in [1.807, 2.05) is 0 Å². The van der Waals surface area contributed by atoms with Crippen LogP contribution in [0, 0.1) is 5.92 Å². The molecule has 1 aliphatic carbocycles. The molecule has 1 unspecified atom stereocenters. The smallest absolute Gasteiger partial charge is 0.335 e. The molecule has 7 N–H and O–H groups in total. The van der Waals surface area contributed by atoms with Gasteiger partial charge in [0.05, 0.1) is 19.2 Å². The Labute approximate surface area is 151 Å². The molecule has 1 fully saturated rings. The molecule has 11 heteroatoms. The minimum Gasteiger partial charge on any atom is -0.479 e. The number of nitrogens with two attached hydrogens (primary N) is 2. The number of hydrogen-bond acceptors (Lipinski definition) is 7. The average Bonchev–Trinajstić information content (AvgIpc) is 2.86. The van der Waals surface area contributed by atoms with Gasteiger partial charge in [-0.2, -0.15) is 5.06 Å². The number of ketones is 1. The van der Waals surface area contributed by atoms with Gasteiger partial charge in [0.25, 0.3) is 0 Å². The molecule has 0 spiro atoms. The number of hydroxylamine groups is 2. The molecule has 0 radical (unpaired) electrons. The third kappa shape index (κ3) is 5.64. The predicted octanol–water partition coefficient (Wildman–Crippen LogP) is -2.19. The van der Waals surface area contributed by atoms with Crippen molar-refractivity contribution in [3.05, 3.63) is 0 Å². The molecule has 0 saturated heterocycles. The normalized spacial score (nSPS) is 26.3. The van der Waals surface area contributed by atoms with E-state index in [-0.39, 0.29) is 37.6 Å². The summed E-state index contributed by atoms with van der Waals surface area (Å²) in [5.41, 5.74) is 8.72. The summed E-state index contributed by atoms with van der Waals surface area (Å²) < 4.78 is 0. The van der Waals surface area contributed by atoms with Crippen LogP contribution in [-0.4, -0.2) is 77.3 Å². The molecule has 148 valence electrons. The Morgan fingerprint density at radius 2 is 2.00 bits per heavy atom. The van der Waals surface area contributed by atoms with E-state index in [1.54, 1.807) is 7.05 Å². The topological polar surface area (TPSA) is 181 Å². The molecule has 26 heavy (non-hydrogen) atoms. The zero-order chi connectivity index (χ0) is 20.1. The maximum absolute atomic E-state index is 12.7. The van der Waals surface area contributed by atoms with E-state index in [0.29, 0.717) is 0 Å². The number of rotatable bonds is 9. The van der Waals surface area contributed by atoms with Gasteiger partial charge in [-0.05, 0) is 6.42 Å². The standard InChI is InChI=1S/C15H27N5O6/c1-8(21)18-12(11(22)4-5-20(2)26-3)9-6-15(25,13(23)24)7-10(9)19-14(16)17/h9-10,12,25H,4-7H2,1-3H3,(H,18,21)(H,23,24)(H4,16,17,19)/t9-,10-,12?,15+/m0/s1. The molecule has 1 aliphatic rings. The number of aliphatic imine (C=N–C) groups is 1. The molecule has 1 amide bonds. The van der Waals surface area contributed by atoms with Crippen LogP contribution >= 0.6 is 0 Å². The van der Waals surface area contributed by atoms with Crippen LogP contribution in [-0.2, 0) is 19.2 Å². The minimum absolute atomic E-state index is 0.0474. The highest BCUT2D eigenvalue weighted by Crippen LogP contribution is 2.39. The van der Waals surface area contributed by atoms with Crippen LogP contribution in [0.5, 0.6) is 0 Å². The van der Waals surface area contributed by atoms with Crippen molar-refractivity contribution in [2.24, 2.45) is 22.4 Å². The summed E-state index contributed by atoms with van der Waals surface area (Å²) in [5.74, 6) is -3.27. The van der Waals surface area contributed by atoms with Crippen molar-refractivity contribution in [2.75, 3.05) is 20.7 Å². The van der Waals surface area contributed by atoms with Gasteiger partial charge < -0.3 is 31.8 Å². The molecule has 11 nitrogen and oxygen atoms in total. The first-order valence-corrected chi connectivity index (χ1v) is 8.09. The number of nitrogens with zero attached hydrogens (tertiary/aromatic N) is 2. The Bertz CT molecular complexity index is 579. The lowest BCUT2D eigenvalue weighted by atomic mass is 9.89. The maximum Gasteiger partial charge on any atom is 0.335 e. The van der Waals surface area contributed by atoms with E-state index in [4.69, 9.17) is 16.3 Å². The first-order valence-electron chi connectivity index (χ1n) is 8.09. The van der Waals surface area contributed by atoms with Crippen LogP contribution < -0.4 is 16.8 Å². The summed E-state index contributed by atoms with van der Waals surface area (Å²) in [6.07, 6.45) is -0.474. The Morgan fingerprint density at radius 3 is 2.46 bits per heavy atom. The molecular weight excluding hydrogens is 346 g/mol. The zero-order valence-electron chi connectivity index (χ0n) is 15.1. The van der Waals surface area contributed by atoms with Gasteiger partial charge >= 0.3 is 5.97 Å². The van der Waals surface area contributed by atoms with Crippen LogP contribution in [0.15, 0.2) is 4.99 Å².